The van der Waals surface area contributed by atoms with E-state index >= 15 is 0 Å². The standard InChI is InChI=1S/C28H31N7O3/c1-18-16-37-13-11-34(18)26-22-8-9-23(30-25(22)32-28(33-26)35-12-14-38-17-19(35)2)20-5-3-6-21(15-20)27(36)31-24-7-4-10-29-24/h3-9,15,18-19H,10-14,16-17H2,1-2H3,(H,29,31,36)/t18-,19-/m0/s1. The number of hydrogen-bond acceptors (Lipinski definition) is 9. The highest BCUT2D eigenvalue weighted by Gasteiger charge is 2.27. The van der Waals surface area contributed by atoms with Crippen LogP contribution in [0.2, 0.25) is 0 Å². The maximum atomic E-state index is 12.8. The Hall–Kier alpha value is -3.89. The summed E-state index contributed by atoms with van der Waals surface area (Å²) in [4.78, 5) is 36.5. The molecule has 1 amide bonds. The van der Waals surface area contributed by atoms with Gasteiger partial charge in [-0.1, -0.05) is 18.2 Å². The maximum absolute atomic E-state index is 12.8. The first-order valence-corrected chi connectivity index (χ1v) is 13.1. The van der Waals surface area contributed by atoms with Crippen LogP contribution in [-0.2, 0) is 9.47 Å². The maximum Gasteiger partial charge on any atom is 0.256 e. The molecule has 0 spiro atoms. The van der Waals surface area contributed by atoms with Gasteiger partial charge in [0.25, 0.3) is 5.91 Å². The molecule has 0 saturated carbocycles. The van der Waals surface area contributed by atoms with E-state index in [1.807, 2.05) is 42.5 Å². The lowest BCUT2D eigenvalue weighted by molar-refractivity contribution is 0.0972. The zero-order chi connectivity index (χ0) is 26.1. The number of hydrogen-bond donors (Lipinski definition) is 1. The summed E-state index contributed by atoms with van der Waals surface area (Å²) >= 11 is 0. The van der Waals surface area contributed by atoms with Gasteiger partial charge in [-0.15, -0.1) is 0 Å². The monoisotopic (exact) mass is 513 g/mol. The van der Waals surface area contributed by atoms with Crippen LogP contribution in [0.5, 0.6) is 0 Å². The Morgan fingerprint density at radius 3 is 2.50 bits per heavy atom. The number of fused-ring (bicyclic) bond motifs is 1. The SMILES string of the molecule is C[C@H]1COCCN1c1nc(N2CCOC[C@@H]2C)c2ccc(-c3cccc(C(=O)NC4=NCC=C4)c3)nc2n1. The second-order valence-electron chi connectivity index (χ2n) is 9.81. The van der Waals surface area contributed by atoms with Crippen LogP contribution < -0.4 is 15.1 Å². The van der Waals surface area contributed by atoms with E-state index in [9.17, 15) is 4.79 Å². The molecule has 1 aromatic carbocycles. The number of morpholine rings is 2. The number of amides is 1. The molecule has 196 valence electrons. The molecule has 6 rings (SSSR count). The molecule has 10 nitrogen and oxygen atoms in total. The van der Waals surface area contributed by atoms with Gasteiger partial charge in [-0.05, 0) is 44.2 Å². The van der Waals surface area contributed by atoms with Crippen LogP contribution >= 0.6 is 0 Å². The predicted molar refractivity (Wildman–Crippen MR) is 147 cm³/mol. The van der Waals surface area contributed by atoms with Crippen molar-refractivity contribution in [3.63, 3.8) is 0 Å². The van der Waals surface area contributed by atoms with Crippen molar-refractivity contribution in [1.29, 1.82) is 0 Å². The van der Waals surface area contributed by atoms with Gasteiger partial charge in [-0.25, -0.2) is 4.98 Å². The summed E-state index contributed by atoms with van der Waals surface area (Å²) in [7, 11) is 0. The number of ether oxygens (including phenoxy) is 2. The topological polar surface area (TPSA) is 105 Å². The largest absolute Gasteiger partial charge is 0.377 e. The summed E-state index contributed by atoms with van der Waals surface area (Å²) in [6.07, 6.45) is 3.72. The van der Waals surface area contributed by atoms with Gasteiger partial charge in [-0.3, -0.25) is 9.79 Å². The van der Waals surface area contributed by atoms with E-state index in [0.717, 1.165) is 35.6 Å². The van der Waals surface area contributed by atoms with Crippen molar-refractivity contribution in [3.8, 4) is 11.3 Å². The van der Waals surface area contributed by atoms with Gasteiger partial charge in [-0.2, -0.15) is 9.97 Å². The first-order valence-electron chi connectivity index (χ1n) is 13.1. The molecular weight excluding hydrogens is 482 g/mol. The fourth-order valence-electron chi connectivity index (χ4n) is 5.01. The highest BCUT2D eigenvalue weighted by atomic mass is 16.5. The van der Waals surface area contributed by atoms with Crippen LogP contribution in [-0.4, -0.2) is 84.8 Å². The van der Waals surface area contributed by atoms with E-state index in [-0.39, 0.29) is 18.0 Å². The van der Waals surface area contributed by atoms with Crippen LogP contribution in [0, 0.1) is 0 Å². The zero-order valence-electron chi connectivity index (χ0n) is 21.6. The van der Waals surface area contributed by atoms with Crippen LogP contribution in [0.15, 0.2) is 53.5 Å². The van der Waals surface area contributed by atoms with Crippen molar-refractivity contribution in [2.75, 3.05) is 55.9 Å². The Morgan fingerprint density at radius 2 is 1.76 bits per heavy atom. The van der Waals surface area contributed by atoms with Crippen molar-refractivity contribution in [3.05, 3.63) is 54.1 Å². The summed E-state index contributed by atoms with van der Waals surface area (Å²) in [5.41, 5.74) is 2.75. The van der Waals surface area contributed by atoms with Crippen molar-refractivity contribution in [2.24, 2.45) is 4.99 Å². The number of aromatic nitrogens is 3. The summed E-state index contributed by atoms with van der Waals surface area (Å²) < 4.78 is 11.3. The van der Waals surface area contributed by atoms with Crippen molar-refractivity contribution in [2.45, 2.75) is 25.9 Å². The molecule has 2 fully saturated rings. The predicted octanol–water partition coefficient (Wildman–Crippen LogP) is 2.84. The minimum atomic E-state index is -0.201. The third-order valence-corrected chi connectivity index (χ3v) is 7.10. The van der Waals surface area contributed by atoms with Crippen molar-refractivity contribution in [1.82, 2.24) is 20.3 Å². The van der Waals surface area contributed by atoms with E-state index in [0.29, 0.717) is 56.0 Å². The lowest BCUT2D eigenvalue weighted by Crippen LogP contribution is -2.46. The molecule has 0 unspecified atom stereocenters. The Labute approximate surface area is 221 Å². The second kappa shape index (κ2) is 10.5. The molecule has 1 N–H and O–H groups in total. The van der Waals surface area contributed by atoms with Gasteiger partial charge in [0.2, 0.25) is 5.95 Å². The number of benzene rings is 1. The number of anilines is 2. The minimum absolute atomic E-state index is 0.161. The molecule has 3 aromatic rings. The fourth-order valence-corrected chi connectivity index (χ4v) is 5.01. The van der Waals surface area contributed by atoms with Crippen molar-refractivity contribution < 1.29 is 14.3 Å². The van der Waals surface area contributed by atoms with Gasteiger partial charge >= 0.3 is 0 Å². The Bertz CT molecular complexity index is 1420. The number of amidine groups is 1. The van der Waals surface area contributed by atoms with Gasteiger partial charge in [0, 0.05) is 24.2 Å². The van der Waals surface area contributed by atoms with E-state index in [4.69, 9.17) is 24.4 Å². The molecule has 0 bridgehead atoms. The molecule has 2 aromatic heterocycles. The van der Waals surface area contributed by atoms with Gasteiger partial charge in [0.05, 0.1) is 56.1 Å². The Morgan fingerprint density at radius 1 is 0.974 bits per heavy atom. The Balaban J connectivity index is 1.40. The summed E-state index contributed by atoms with van der Waals surface area (Å²) in [6, 6.07) is 11.8. The van der Waals surface area contributed by atoms with Gasteiger partial charge in [0.1, 0.15) is 11.7 Å². The number of aliphatic imine (C=N–C) groups is 1. The van der Waals surface area contributed by atoms with Gasteiger partial charge in [0.15, 0.2) is 5.65 Å². The smallest absolute Gasteiger partial charge is 0.256 e. The van der Waals surface area contributed by atoms with E-state index in [1.165, 1.54) is 0 Å². The summed E-state index contributed by atoms with van der Waals surface area (Å²) in [6.45, 7) is 8.92. The first kappa shape index (κ1) is 24.4. The average molecular weight is 514 g/mol. The number of carbonyl (C=O) groups is 1. The second-order valence-corrected chi connectivity index (χ2v) is 9.81. The van der Waals surface area contributed by atoms with Crippen LogP contribution in [0.3, 0.4) is 0 Å². The third kappa shape index (κ3) is 4.84. The zero-order valence-corrected chi connectivity index (χ0v) is 21.6. The Kier molecular flexibility index (Phi) is 6.73. The quantitative estimate of drug-likeness (QED) is 0.568. The molecule has 2 saturated heterocycles. The lowest BCUT2D eigenvalue weighted by atomic mass is 10.1. The lowest BCUT2D eigenvalue weighted by Gasteiger charge is -2.37. The van der Waals surface area contributed by atoms with E-state index in [1.54, 1.807) is 6.07 Å². The average Bonchev–Trinajstić information content (AvgIpc) is 3.46. The van der Waals surface area contributed by atoms with Crippen LogP contribution in [0.1, 0.15) is 24.2 Å². The molecule has 10 heteroatoms. The highest BCUT2D eigenvalue weighted by Crippen LogP contribution is 2.31. The van der Waals surface area contributed by atoms with E-state index in [2.05, 4.69) is 34.0 Å². The molecule has 38 heavy (non-hydrogen) atoms. The molecule has 3 aliphatic heterocycles. The number of pyridine rings is 1. The third-order valence-electron chi connectivity index (χ3n) is 7.10. The normalized spacial score (nSPS) is 21.6. The number of nitrogens with zero attached hydrogens (tertiary/aromatic N) is 6. The molecule has 5 heterocycles. The fraction of sp³-hybridized carbons (Fsp3) is 0.393. The molecule has 0 aliphatic carbocycles. The number of nitrogens with one attached hydrogen (secondary N) is 1. The van der Waals surface area contributed by atoms with Crippen molar-refractivity contribution >= 4 is 34.5 Å². The molecule has 2 atom stereocenters. The number of rotatable bonds is 4. The highest BCUT2D eigenvalue weighted by molar-refractivity contribution is 6.11. The summed E-state index contributed by atoms with van der Waals surface area (Å²) in [5.74, 6) is 1.91. The summed E-state index contributed by atoms with van der Waals surface area (Å²) in [5, 5.41) is 3.75. The first-order chi connectivity index (χ1) is 18.6. The molecular formula is C28H31N7O3. The van der Waals surface area contributed by atoms with Crippen LogP contribution in [0.25, 0.3) is 22.3 Å². The molecule has 0 radical (unpaired) electrons. The molecule has 3 aliphatic rings. The number of carbonyl (C=O) groups excluding carboxylic acids is 1. The van der Waals surface area contributed by atoms with E-state index < -0.39 is 0 Å². The minimum Gasteiger partial charge on any atom is -0.377 e. The van der Waals surface area contributed by atoms with Crippen LogP contribution in [0.4, 0.5) is 11.8 Å². The van der Waals surface area contributed by atoms with Gasteiger partial charge < -0.3 is 24.6 Å².